The first-order valence-electron chi connectivity index (χ1n) is 23.3. The molecule has 0 atom stereocenters. The van der Waals surface area contributed by atoms with Gasteiger partial charge in [-0.1, -0.05) is 194 Å². The Morgan fingerprint density at radius 2 is 0.559 bits per heavy atom. The molecule has 0 aliphatic heterocycles. The van der Waals surface area contributed by atoms with Crippen molar-refractivity contribution in [2.75, 3.05) is 9.80 Å². The van der Waals surface area contributed by atoms with E-state index in [1.807, 2.05) is 0 Å². The average Bonchev–Trinajstić information content (AvgIpc) is 3.42. The Kier molecular flexibility index (Phi) is 10.6. The summed E-state index contributed by atoms with van der Waals surface area (Å²) in [5.41, 5.74) is 15.8. The first-order valence-corrected chi connectivity index (χ1v) is 23.3. The zero-order valence-corrected chi connectivity index (χ0v) is 37.5. The van der Waals surface area contributed by atoms with Crippen LogP contribution in [0.4, 0.5) is 34.1 Å². The third kappa shape index (κ3) is 7.85. The minimum atomic E-state index is 1.07. The van der Waals surface area contributed by atoms with Crippen LogP contribution in [0.25, 0.3) is 76.8 Å². The van der Waals surface area contributed by atoms with Crippen LogP contribution in [-0.4, -0.2) is 0 Å². The van der Waals surface area contributed by atoms with Gasteiger partial charge >= 0.3 is 0 Å². The van der Waals surface area contributed by atoms with Gasteiger partial charge in [0.1, 0.15) is 0 Å². The number of rotatable bonds is 10. The lowest BCUT2D eigenvalue weighted by Gasteiger charge is -2.31. The number of benzene rings is 12. The maximum absolute atomic E-state index is 2.43. The molecule has 0 fully saturated rings. The summed E-state index contributed by atoms with van der Waals surface area (Å²) in [6, 6.07) is 101. The van der Waals surface area contributed by atoms with E-state index in [0.29, 0.717) is 0 Å². The lowest BCUT2D eigenvalue weighted by molar-refractivity contribution is 1.28. The minimum Gasteiger partial charge on any atom is -0.310 e. The molecule has 0 bridgehead atoms. The Morgan fingerprint density at radius 3 is 1.06 bits per heavy atom. The van der Waals surface area contributed by atoms with E-state index in [-0.39, 0.29) is 0 Å². The van der Waals surface area contributed by atoms with Crippen molar-refractivity contribution in [2.24, 2.45) is 0 Å². The summed E-state index contributed by atoms with van der Waals surface area (Å²) in [4.78, 5) is 4.85. The first kappa shape index (κ1) is 40.5. The van der Waals surface area contributed by atoms with Gasteiger partial charge in [0.25, 0.3) is 0 Å². The molecule has 12 rings (SSSR count). The zero-order valence-electron chi connectivity index (χ0n) is 37.5. The number of hydrogen-bond donors (Lipinski definition) is 0. The molecule has 0 amide bonds. The molecule has 0 aliphatic carbocycles. The number of anilines is 6. The molecule has 0 saturated carbocycles. The third-order valence-corrected chi connectivity index (χ3v) is 13.2. The number of para-hydroxylation sites is 2. The van der Waals surface area contributed by atoms with Crippen LogP contribution in [0, 0.1) is 0 Å². The second-order valence-electron chi connectivity index (χ2n) is 17.4. The van der Waals surface area contributed by atoms with Crippen LogP contribution in [0.5, 0.6) is 0 Å². The highest BCUT2D eigenvalue weighted by molar-refractivity contribution is 6.08. The SMILES string of the molecule is c1ccc(-c2cc(N(c3ccccc3)c3ccc(-c4ccc5ccccc5c4)cc3)c3cc(N(c4ccccc4)c4ccc(-c5ccc6ccccc6c5)cc4)c(-c4ccccc4)cc3c2)cc1. The van der Waals surface area contributed by atoms with Crippen LogP contribution >= 0.6 is 0 Å². The van der Waals surface area contributed by atoms with Gasteiger partial charge in [0.15, 0.2) is 0 Å². The fraction of sp³-hybridized carbons (Fsp3) is 0. The van der Waals surface area contributed by atoms with Crippen molar-refractivity contribution >= 4 is 66.4 Å². The van der Waals surface area contributed by atoms with Crippen molar-refractivity contribution in [3.05, 3.63) is 279 Å². The van der Waals surface area contributed by atoms with Gasteiger partial charge < -0.3 is 9.80 Å². The Hall–Kier alpha value is -8.98. The first-order chi connectivity index (χ1) is 33.7. The van der Waals surface area contributed by atoms with Crippen molar-refractivity contribution in [1.82, 2.24) is 0 Å². The summed E-state index contributed by atoms with van der Waals surface area (Å²) < 4.78 is 0. The van der Waals surface area contributed by atoms with E-state index in [0.717, 1.165) is 67.2 Å². The number of nitrogens with zero attached hydrogens (tertiary/aromatic N) is 2. The second kappa shape index (κ2) is 17.8. The van der Waals surface area contributed by atoms with Gasteiger partial charge in [0.2, 0.25) is 0 Å². The highest BCUT2D eigenvalue weighted by atomic mass is 15.2. The highest BCUT2D eigenvalue weighted by Crippen LogP contribution is 2.48. The van der Waals surface area contributed by atoms with E-state index in [1.54, 1.807) is 0 Å². The van der Waals surface area contributed by atoms with Gasteiger partial charge in [0, 0.05) is 33.7 Å². The molecule has 0 aliphatic rings. The van der Waals surface area contributed by atoms with Gasteiger partial charge in [-0.25, -0.2) is 0 Å². The number of fused-ring (bicyclic) bond motifs is 3. The Bertz CT molecular complexity index is 3700. The maximum atomic E-state index is 2.43. The largest absolute Gasteiger partial charge is 0.310 e. The predicted molar refractivity (Wildman–Crippen MR) is 290 cm³/mol. The molecule has 2 heteroatoms. The summed E-state index contributed by atoms with van der Waals surface area (Å²) in [6.07, 6.45) is 0. The Morgan fingerprint density at radius 1 is 0.191 bits per heavy atom. The summed E-state index contributed by atoms with van der Waals surface area (Å²) in [5, 5.41) is 7.24. The number of hydrogen-bond acceptors (Lipinski definition) is 2. The molecule has 0 spiro atoms. The van der Waals surface area contributed by atoms with E-state index in [2.05, 4.69) is 289 Å². The van der Waals surface area contributed by atoms with E-state index in [1.165, 1.54) is 43.8 Å². The molecule has 0 radical (unpaired) electrons. The molecule has 0 heterocycles. The Labute approximate surface area is 397 Å². The Balaban J connectivity index is 1.08. The maximum Gasteiger partial charge on any atom is 0.0547 e. The van der Waals surface area contributed by atoms with Crippen LogP contribution < -0.4 is 9.80 Å². The molecule has 0 unspecified atom stereocenters. The van der Waals surface area contributed by atoms with Crippen molar-refractivity contribution < 1.29 is 0 Å². The minimum absolute atomic E-state index is 1.07. The quantitative estimate of drug-likeness (QED) is 0.135. The van der Waals surface area contributed by atoms with Gasteiger partial charge in [-0.2, -0.15) is 0 Å². The molecule has 0 aromatic heterocycles. The lowest BCUT2D eigenvalue weighted by atomic mass is 9.93. The van der Waals surface area contributed by atoms with E-state index >= 15 is 0 Å². The predicted octanol–water partition coefficient (Wildman–Crippen LogP) is 18.8. The normalized spacial score (nSPS) is 11.2. The zero-order chi connectivity index (χ0) is 45.2. The fourth-order valence-electron chi connectivity index (χ4n) is 9.75. The van der Waals surface area contributed by atoms with Crippen LogP contribution in [0.15, 0.2) is 279 Å². The molecule has 12 aromatic carbocycles. The fourth-order valence-corrected chi connectivity index (χ4v) is 9.75. The van der Waals surface area contributed by atoms with Crippen molar-refractivity contribution in [1.29, 1.82) is 0 Å². The molecular weight excluding hydrogens is 821 g/mol. The van der Waals surface area contributed by atoms with E-state index in [4.69, 9.17) is 0 Å². The monoisotopic (exact) mass is 866 g/mol. The lowest BCUT2D eigenvalue weighted by Crippen LogP contribution is -2.13. The topological polar surface area (TPSA) is 6.48 Å². The van der Waals surface area contributed by atoms with Gasteiger partial charge in [-0.3, -0.25) is 0 Å². The van der Waals surface area contributed by atoms with Crippen LogP contribution in [-0.2, 0) is 0 Å². The molecule has 320 valence electrons. The van der Waals surface area contributed by atoms with E-state index in [9.17, 15) is 0 Å². The third-order valence-electron chi connectivity index (χ3n) is 13.2. The van der Waals surface area contributed by atoms with Crippen LogP contribution in [0.2, 0.25) is 0 Å². The molecule has 12 aromatic rings. The van der Waals surface area contributed by atoms with Gasteiger partial charge in [0.05, 0.1) is 11.4 Å². The summed E-state index contributed by atoms with van der Waals surface area (Å²) >= 11 is 0. The van der Waals surface area contributed by atoms with Gasteiger partial charge in [-0.05, 0) is 151 Å². The highest BCUT2D eigenvalue weighted by Gasteiger charge is 2.23. The molecule has 2 nitrogen and oxygen atoms in total. The summed E-state index contributed by atoms with van der Waals surface area (Å²) in [5.74, 6) is 0. The van der Waals surface area contributed by atoms with Crippen LogP contribution in [0.1, 0.15) is 0 Å². The van der Waals surface area contributed by atoms with Crippen LogP contribution in [0.3, 0.4) is 0 Å². The van der Waals surface area contributed by atoms with Crippen molar-refractivity contribution in [3.63, 3.8) is 0 Å². The standard InChI is InChI=1S/C66H46N2/c1-5-17-47(18-6-1)57-43-58-44-63(52-21-7-2-8-22-52)66(68(60-27-11-4-12-28-60)62-39-35-51(36-40-62)56-32-30-49-20-14-16-24-54(49)42-56)46-64(58)65(45-57)67(59-25-9-3-10-26-59)61-37-33-50(34-38-61)55-31-29-48-19-13-15-23-53(48)41-55/h1-46H. The second-order valence-corrected chi connectivity index (χ2v) is 17.4. The molecule has 0 N–H and O–H groups in total. The van der Waals surface area contributed by atoms with Crippen molar-refractivity contribution in [2.45, 2.75) is 0 Å². The summed E-state index contributed by atoms with van der Waals surface area (Å²) in [6.45, 7) is 0. The molecule has 0 saturated heterocycles. The smallest absolute Gasteiger partial charge is 0.0547 e. The summed E-state index contributed by atoms with van der Waals surface area (Å²) in [7, 11) is 0. The molecule has 68 heavy (non-hydrogen) atoms. The average molecular weight is 867 g/mol. The van der Waals surface area contributed by atoms with Gasteiger partial charge in [-0.15, -0.1) is 0 Å². The molecular formula is C66H46N2. The van der Waals surface area contributed by atoms with E-state index < -0.39 is 0 Å². The van der Waals surface area contributed by atoms with Crippen molar-refractivity contribution in [3.8, 4) is 44.5 Å².